The molecule has 3 rings (SSSR count). The van der Waals surface area contributed by atoms with E-state index in [4.69, 9.17) is 14.2 Å². The maximum Gasteiger partial charge on any atom is 0.338 e. The summed E-state index contributed by atoms with van der Waals surface area (Å²) in [5, 5.41) is 0. The molecule has 0 aliphatic carbocycles. The topological polar surface area (TPSA) is 68.3 Å². The number of carbonyl (C=O) groups excluding carboxylic acids is 2. The molecule has 2 heterocycles. The van der Waals surface area contributed by atoms with Crippen LogP contribution in [0.3, 0.4) is 0 Å². The molecule has 0 aromatic heterocycles. The fourth-order valence-electron chi connectivity index (χ4n) is 4.44. The lowest BCUT2D eigenvalue weighted by atomic mass is 9.90. The number of benzene rings is 1. The van der Waals surface area contributed by atoms with Crippen LogP contribution >= 0.6 is 0 Å². The van der Waals surface area contributed by atoms with Gasteiger partial charge in [-0.1, -0.05) is 13.8 Å². The second kappa shape index (κ2) is 9.47. The summed E-state index contributed by atoms with van der Waals surface area (Å²) in [5.74, 6) is -0.869. The molecule has 0 unspecified atom stereocenters. The fourth-order valence-corrected chi connectivity index (χ4v) is 4.44. The van der Waals surface area contributed by atoms with Crippen molar-refractivity contribution in [1.29, 1.82) is 0 Å². The zero-order chi connectivity index (χ0) is 22.8. The summed E-state index contributed by atoms with van der Waals surface area (Å²) >= 11 is 0. The Hall–Kier alpha value is -2.28. The number of hydrogen-bond acceptors (Lipinski definition) is 6. The summed E-state index contributed by atoms with van der Waals surface area (Å²) in [6.07, 6.45) is -0.262. The van der Waals surface area contributed by atoms with E-state index >= 15 is 0 Å². The molecular formula is C24H36N2O5. The van der Waals surface area contributed by atoms with Gasteiger partial charge in [-0.2, -0.15) is 0 Å². The molecule has 7 nitrogen and oxygen atoms in total. The Morgan fingerprint density at radius 3 is 2.42 bits per heavy atom. The third kappa shape index (κ3) is 5.50. The molecule has 0 saturated carbocycles. The van der Waals surface area contributed by atoms with Crippen LogP contribution < -0.4 is 9.64 Å². The van der Waals surface area contributed by atoms with E-state index < -0.39 is 23.8 Å². The molecule has 2 saturated heterocycles. The predicted octanol–water partition coefficient (Wildman–Crippen LogP) is 3.46. The number of piperazine rings is 1. The average Bonchev–Trinajstić information content (AvgIpc) is 2.98. The third-order valence-corrected chi connectivity index (χ3v) is 5.82. The van der Waals surface area contributed by atoms with Crippen molar-refractivity contribution in [1.82, 2.24) is 4.90 Å². The number of esters is 1. The van der Waals surface area contributed by atoms with Crippen LogP contribution in [0, 0.1) is 11.8 Å². The van der Waals surface area contributed by atoms with Crippen LogP contribution in [0.25, 0.3) is 0 Å². The summed E-state index contributed by atoms with van der Waals surface area (Å²) in [6.45, 7) is 14.3. The van der Waals surface area contributed by atoms with Gasteiger partial charge in [-0.15, -0.1) is 0 Å². The number of rotatable bonds is 7. The zero-order valence-electron chi connectivity index (χ0n) is 19.6. The van der Waals surface area contributed by atoms with Gasteiger partial charge in [0, 0.05) is 45.2 Å². The summed E-state index contributed by atoms with van der Waals surface area (Å²) in [4.78, 5) is 30.2. The van der Waals surface area contributed by atoms with E-state index in [-0.39, 0.29) is 17.9 Å². The number of hydrogen-bond donors (Lipinski definition) is 0. The van der Waals surface area contributed by atoms with E-state index in [1.807, 2.05) is 24.0 Å². The van der Waals surface area contributed by atoms with Gasteiger partial charge in [0.1, 0.15) is 5.75 Å². The van der Waals surface area contributed by atoms with Crippen molar-refractivity contribution >= 4 is 17.6 Å². The van der Waals surface area contributed by atoms with Crippen molar-refractivity contribution < 1.29 is 23.8 Å². The first kappa shape index (κ1) is 23.4. The van der Waals surface area contributed by atoms with Crippen LogP contribution in [0.1, 0.15) is 48.0 Å². The second-order valence-electron chi connectivity index (χ2n) is 9.35. The Morgan fingerprint density at radius 1 is 1.23 bits per heavy atom. The minimum absolute atomic E-state index is 0.0211. The predicted molar refractivity (Wildman–Crippen MR) is 119 cm³/mol. The molecule has 1 amide bonds. The van der Waals surface area contributed by atoms with E-state index in [9.17, 15) is 9.59 Å². The molecule has 2 aliphatic heterocycles. The van der Waals surface area contributed by atoms with Crippen LogP contribution in [0.2, 0.25) is 0 Å². The van der Waals surface area contributed by atoms with Crippen LogP contribution in [0.15, 0.2) is 24.3 Å². The molecule has 2 fully saturated rings. The number of ether oxygens (including phenoxy) is 3. The Labute approximate surface area is 185 Å². The van der Waals surface area contributed by atoms with Crippen LogP contribution in [0.5, 0.6) is 5.75 Å². The first-order chi connectivity index (χ1) is 14.6. The molecule has 3 atom stereocenters. The molecular weight excluding hydrogens is 396 g/mol. The van der Waals surface area contributed by atoms with E-state index in [1.54, 1.807) is 13.8 Å². The second-order valence-corrected chi connectivity index (χ2v) is 9.35. The molecule has 7 heteroatoms. The minimum Gasteiger partial charge on any atom is -0.494 e. The molecule has 0 N–H and O–H groups in total. The summed E-state index contributed by atoms with van der Waals surface area (Å²) < 4.78 is 16.7. The van der Waals surface area contributed by atoms with Crippen LogP contribution in [-0.2, 0) is 19.1 Å². The smallest absolute Gasteiger partial charge is 0.338 e. The lowest BCUT2D eigenvalue weighted by molar-refractivity contribution is -0.163. The summed E-state index contributed by atoms with van der Waals surface area (Å²) in [6, 6.07) is 8.09. The van der Waals surface area contributed by atoms with Crippen molar-refractivity contribution in [3.05, 3.63) is 24.3 Å². The maximum absolute atomic E-state index is 13.6. The number of cyclic esters (lactones) is 1. The number of nitrogens with zero attached hydrogens (tertiary/aromatic N) is 2. The van der Waals surface area contributed by atoms with Gasteiger partial charge in [-0.3, -0.25) is 4.79 Å². The van der Waals surface area contributed by atoms with Crippen molar-refractivity contribution in [3.63, 3.8) is 0 Å². The van der Waals surface area contributed by atoms with Crippen LogP contribution in [-0.4, -0.2) is 61.0 Å². The highest BCUT2D eigenvalue weighted by Crippen LogP contribution is 2.33. The monoisotopic (exact) mass is 432 g/mol. The quantitative estimate of drug-likeness (QED) is 0.615. The highest BCUT2D eigenvalue weighted by molar-refractivity contribution is 5.88. The van der Waals surface area contributed by atoms with Gasteiger partial charge >= 0.3 is 5.97 Å². The van der Waals surface area contributed by atoms with E-state index in [0.29, 0.717) is 19.6 Å². The Morgan fingerprint density at radius 2 is 1.90 bits per heavy atom. The Bertz CT molecular complexity index is 777. The van der Waals surface area contributed by atoms with E-state index in [1.165, 1.54) is 0 Å². The minimum atomic E-state index is -0.991. The molecule has 31 heavy (non-hydrogen) atoms. The first-order valence-corrected chi connectivity index (χ1v) is 11.3. The lowest BCUT2D eigenvalue weighted by Crippen LogP contribution is -2.57. The van der Waals surface area contributed by atoms with Crippen molar-refractivity contribution in [2.24, 2.45) is 11.8 Å². The maximum atomic E-state index is 13.6. The Kier molecular flexibility index (Phi) is 7.14. The molecule has 0 bridgehead atoms. The molecule has 172 valence electrons. The number of anilines is 1. The average molecular weight is 433 g/mol. The van der Waals surface area contributed by atoms with Gasteiger partial charge in [0.2, 0.25) is 11.7 Å². The van der Waals surface area contributed by atoms with Crippen molar-refractivity contribution in [3.8, 4) is 5.75 Å². The standard InChI is InChI=1S/C24H36N2O5/c1-7-29-19-10-8-18(9-11-19)25-12-13-26(17(4)15-25)22(27)20(14-16(2)3)21-23(28)31-24(5,6)30-21/h8-11,16-17,20-21H,7,12-15H2,1-6H3/t17-,20-,21+/m1/s1. The normalized spacial score (nSPS) is 24.3. The number of amides is 1. The lowest BCUT2D eigenvalue weighted by Gasteiger charge is -2.42. The van der Waals surface area contributed by atoms with Gasteiger partial charge in [0.15, 0.2) is 6.10 Å². The number of carbonyl (C=O) groups is 2. The SMILES string of the molecule is CCOc1ccc(N2CCN(C(=O)[C@H](CC(C)C)[C@@H]3OC(C)(C)OC3=O)[C@H](C)C2)cc1. The highest BCUT2D eigenvalue weighted by Gasteiger charge is 2.49. The van der Waals surface area contributed by atoms with Crippen molar-refractivity contribution in [2.45, 2.75) is 65.9 Å². The van der Waals surface area contributed by atoms with E-state index in [0.717, 1.165) is 24.5 Å². The Balaban J connectivity index is 1.70. The largest absolute Gasteiger partial charge is 0.494 e. The zero-order valence-corrected chi connectivity index (χ0v) is 19.6. The molecule has 2 aliphatic rings. The third-order valence-electron chi connectivity index (χ3n) is 5.82. The summed E-state index contributed by atoms with van der Waals surface area (Å²) in [5.41, 5.74) is 1.12. The van der Waals surface area contributed by atoms with Gasteiger partial charge in [0.25, 0.3) is 0 Å². The van der Waals surface area contributed by atoms with E-state index in [2.05, 4.69) is 37.8 Å². The molecule has 1 aromatic carbocycles. The van der Waals surface area contributed by atoms with Crippen molar-refractivity contribution in [2.75, 3.05) is 31.1 Å². The fraction of sp³-hybridized carbons (Fsp3) is 0.667. The van der Waals surface area contributed by atoms with Crippen LogP contribution in [0.4, 0.5) is 5.69 Å². The first-order valence-electron chi connectivity index (χ1n) is 11.3. The van der Waals surface area contributed by atoms with Gasteiger partial charge < -0.3 is 24.0 Å². The highest BCUT2D eigenvalue weighted by atomic mass is 16.8. The van der Waals surface area contributed by atoms with Gasteiger partial charge in [-0.25, -0.2) is 4.79 Å². The molecule has 0 spiro atoms. The molecule has 1 aromatic rings. The van der Waals surface area contributed by atoms with Gasteiger partial charge in [-0.05, 0) is 50.5 Å². The van der Waals surface area contributed by atoms with Gasteiger partial charge in [0.05, 0.1) is 12.5 Å². The molecule has 0 radical (unpaired) electrons. The summed E-state index contributed by atoms with van der Waals surface area (Å²) in [7, 11) is 0.